The first-order chi connectivity index (χ1) is 8.97. The number of aliphatic hydroxyl groups excluding tert-OH is 1. The summed E-state index contributed by atoms with van der Waals surface area (Å²) in [6.07, 6.45) is 1.39. The second-order valence-corrected chi connectivity index (χ2v) is 5.29. The van der Waals surface area contributed by atoms with E-state index in [4.69, 9.17) is 9.84 Å². The molecule has 0 aliphatic carbocycles. The van der Waals surface area contributed by atoms with Gasteiger partial charge in [0.1, 0.15) is 6.04 Å². The van der Waals surface area contributed by atoms with Gasteiger partial charge in [-0.15, -0.1) is 0 Å². The van der Waals surface area contributed by atoms with Gasteiger partial charge in [0.15, 0.2) is 0 Å². The number of carbonyl (C=O) groups is 2. The molecule has 0 bridgehead atoms. The summed E-state index contributed by atoms with van der Waals surface area (Å²) in [4.78, 5) is 21.6. The van der Waals surface area contributed by atoms with E-state index in [1.165, 1.54) is 18.7 Å². The number of amides is 1. The molecule has 0 aromatic carbocycles. The number of carboxylic acid groups (broad SMARTS) is 1. The van der Waals surface area contributed by atoms with Gasteiger partial charge in [-0.25, -0.2) is 4.79 Å². The Morgan fingerprint density at radius 1 is 1.37 bits per heavy atom. The molecule has 1 unspecified atom stereocenters. The number of aliphatic carboxylic acids is 1. The molecule has 19 heavy (non-hydrogen) atoms. The Balaban J connectivity index is 3.73. The summed E-state index contributed by atoms with van der Waals surface area (Å²) in [5, 5.41) is 20.8. The summed E-state index contributed by atoms with van der Waals surface area (Å²) in [6, 6.07) is -0.921. The monoisotopic (exact) mass is 293 g/mol. The Bertz CT molecular complexity index is 275. The molecule has 6 nitrogen and oxygen atoms in total. The molecule has 1 amide bonds. The molecule has 0 aliphatic heterocycles. The molecule has 0 radical (unpaired) electrons. The Kier molecular flexibility index (Phi) is 10.6. The highest BCUT2D eigenvalue weighted by molar-refractivity contribution is 7.99. The zero-order chi connectivity index (χ0) is 14.7. The van der Waals surface area contributed by atoms with Crippen molar-refractivity contribution in [3.05, 3.63) is 0 Å². The maximum Gasteiger partial charge on any atom is 0.327 e. The molecule has 0 aliphatic rings. The van der Waals surface area contributed by atoms with Gasteiger partial charge in [-0.05, 0) is 6.42 Å². The third kappa shape index (κ3) is 10.8. The van der Waals surface area contributed by atoms with E-state index in [0.29, 0.717) is 12.4 Å². The van der Waals surface area contributed by atoms with Crippen LogP contribution in [0, 0.1) is 0 Å². The first-order valence-corrected chi connectivity index (χ1v) is 7.46. The molecule has 112 valence electrons. The Morgan fingerprint density at radius 3 is 2.58 bits per heavy atom. The third-order valence-electron chi connectivity index (χ3n) is 2.22. The van der Waals surface area contributed by atoms with Crippen LogP contribution in [0.15, 0.2) is 0 Å². The summed E-state index contributed by atoms with van der Waals surface area (Å²) in [6.45, 7) is 4.22. The van der Waals surface area contributed by atoms with Crippen molar-refractivity contribution < 1.29 is 24.5 Å². The highest BCUT2D eigenvalue weighted by Crippen LogP contribution is 2.06. The topological polar surface area (TPSA) is 95.9 Å². The number of ether oxygens (including phenoxy) is 1. The van der Waals surface area contributed by atoms with E-state index in [0.717, 1.165) is 12.8 Å². The number of nitrogens with one attached hydrogen (secondary N) is 1. The Labute approximate surface area is 117 Å². The zero-order valence-electron chi connectivity index (χ0n) is 11.4. The van der Waals surface area contributed by atoms with Gasteiger partial charge in [-0.3, -0.25) is 4.79 Å². The number of hydrogen-bond donors (Lipinski definition) is 3. The number of rotatable bonds is 11. The van der Waals surface area contributed by atoms with Gasteiger partial charge in [0, 0.05) is 25.0 Å². The van der Waals surface area contributed by atoms with E-state index in [1.807, 2.05) is 0 Å². The molecule has 0 aromatic heterocycles. The van der Waals surface area contributed by atoms with E-state index in [1.54, 1.807) is 0 Å². The zero-order valence-corrected chi connectivity index (χ0v) is 12.2. The lowest BCUT2D eigenvalue weighted by atomic mass is 10.3. The summed E-state index contributed by atoms with van der Waals surface area (Å²) >= 11 is 1.28. The predicted molar refractivity (Wildman–Crippen MR) is 74.3 cm³/mol. The predicted octanol–water partition coefficient (Wildman–Crippen LogP) is 0.486. The molecule has 0 saturated heterocycles. The van der Waals surface area contributed by atoms with E-state index in [-0.39, 0.29) is 18.3 Å². The van der Waals surface area contributed by atoms with Crippen LogP contribution in [0.3, 0.4) is 0 Å². The molecule has 0 saturated carbocycles. The molecule has 7 heteroatoms. The molecule has 0 rings (SSSR count). The number of aliphatic hydroxyl groups is 1. The van der Waals surface area contributed by atoms with Gasteiger partial charge < -0.3 is 20.3 Å². The lowest BCUT2D eigenvalue weighted by molar-refractivity contribution is -0.140. The van der Waals surface area contributed by atoms with Crippen LogP contribution in [0.4, 0.5) is 0 Å². The third-order valence-corrected chi connectivity index (χ3v) is 3.41. The first kappa shape index (κ1) is 18.2. The highest BCUT2D eigenvalue weighted by Gasteiger charge is 2.18. The minimum atomic E-state index is -1.07. The van der Waals surface area contributed by atoms with Crippen LogP contribution in [0.1, 0.15) is 26.7 Å². The molecule has 3 N–H and O–H groups in total. The second kappa shape index (κ2) is 11.1. The van der Waals surface area contributed by atoms with Gasteiger partial charge >= 0.3 is 5.97 Å². The van der Waals surface area contributed by atoms with E-state index in [9.17, 15) is 14.7 Å². The fourth-order valence-corrected chi connectivity index (χ4v) is 2.22. The van der Waals surface area contributed by atoms with Gasteiger partial charge in [-0.2, -0.15) is 11.8 Å². The van der Waals surface area contributed by atoms with Crippen molar-refractivity contribution in [2.45, 2.75) is 38.8 Å². The molecule has 0 spiro atoms. The van der Waals surface area contributed by atoms with Gasteiger partial charge in [0.25, 0.3) is 0 Å². The molecule has 0 aromatic rings. The van der Waals surface area contributed by atoms with Gasteiger partial charge in [0.2, 0.25) is 5.91 Å². The van der Waals surface area contributed by atoms with Gasteiger partial charge in [0.05, 0.1) is 12.7 Å². The van der Waals surface area contributed by atoms with Crippen molar-refractivity contribution >= 4 is 23.6 Å². The molecule has 0 heterocycles. The quantitative estimate of drug-likeness (QED) is 0.480. The smallest absolute Gasteiger partial charge is 0.327 e. The molecular weight excluding hydrogens is 270 g/mol. The molecule has 2 atom stereocenters. The van der Waals surface area contributed by atoms with Crippen LogP contribution >= 0.6 is 11.8 Å². The summed E-state index contributed by atoms with van der Waals surface area (Å²) in [5.41, 5.74) is 0. The normalized spacial score (nSPS) is 13.8. The minimum Gasteiger partial charge on any atom is -0.480 e. The largest absolute Gasteiger partial charge is 0.480 e. The van der Waals surface area contributed by atoms with Crippen molar-refractivity contribution in [3.8, 4) is 0 Å². The highest BCUT2D eigenvalue weighted by atomic mass is 32.2. The fourth-order valence-electron chi connectivity index (χ4n) is 1.26. The number of carbonyl (C=O) groups excluding carboxylic acids is 1. The number of carboxylic acids is 1. The second-order valence-electron chi connectivity index (χ2n) is 4.21. The average molecular weight is 293 g/mol. The van der Waals surface area contributed by atoms with E-state index >= 15 is 0 Å². The van der Waals surface area contributed by atoms with Crippen LogP contribution in [0.5, 0.6) is 0 Å². The van der Waals surface area contributed by atoms with Crippen LogP contribution in [0.25, 0.3) is 0 Å². The van der Waals surface area contributed by atoms with Crippen molar-refractivity contribution in [1.29, 1.82) is 0 Å². The first-order valence-electron chi connectivity index (χ1n) is 6.30. The lowest BCUT2D eigenvalue weighted by Gasteiger charge is -2.15. The van der Waals surface area contributed by atoms with E-state index in [2.05, 4.69) is 12.2 Å². The number of thioether (sulfide) groups is 1. The summed E-state index contributed by atoms with van der Waals surface area (Å²) in [5.74, 6) is -0.844. The van der Waals surface area contributed by atoms with Crippen molar-refractivity contribution in [3.63, 3.8) is 0 Å². The average Bonchev–Trinajstić information content (AvgIpc) is 2.33. The molecule has 0 fully saturated rings. The standard InChI is InChI=1S/C12H23NO5S/c1-3-4-5-18-6-10(15)7-19-8-11(12(16)17)13-9(2)14/h10-11,15H,3-8H2,1-2H3,(H,13,14)(H,16,17)/t10?,11-/m0/s1. The molecular formula is C12H23NO5S. The number of unbranched alkanes of at least 4 members (excludes halogenated alkanes) is 1. The van der Waals surface area contributed by atoms with Crippen LogP contribution in [0.2, 0.25) is 0 Å². The van der Waals surface area contributed by atoms with Gasteiger partial charge in [-0.1, -0.05) is 13.3 Å². The maximum absolute atomic E-state index is 10.8. The van der Waals surface area contributed by atoms with Crippen molar-refractivity contribution in [2.24, 2.45) is 0 Å². The van der Waals surface area contributed by atoms with Crippen molar-refractivity contribution in [1.82, 2.24) is 5.32 Å². The Hall–Kier alpha value is -0.790. The SMILES string of the molecule is CCCCOCC(O)CSC[C@H](NC(C)=O)C(=O)O. The minimum absolute atomic E-state index is 0.223. The van der Waals surface area contributed by atoms with Crippen LogP contribution in [-0.2, 0) is 14.3 Å². The number of hydrogen-bond acceptors (Lipinski definition) is 5. The van der Waals surface area contributed by atoms with Crippen LogP contribution < -0.4 is 5.32 Å². The summed E-state index contributed by atoms with van der Waals surface area (Å²) in [7, 11) is 0. The lowest BCUT2D eigenvalue weighted by Crippen LogP contribution is -2.41. The summed E-state index contributed by atoms with van der Waals surface area (Å²) < 4.78 is 5.26. The van der Waals surface area contributed by atoms with E-state index < -0.39 is 18.1 Å². The maximum atomic E-state index is 10.8. The Morgan fingerprint density at radius 2 is 2.05 bits per heavy atom. The van der Waals surface area contributed by atoms with Crippen LogP contribution in [-0.4, -0.2) is 59.0 Å². The fraction of sp³-hybridized carbons (Fsp3) is 0.833. The van der Waals surface area contributed by atoms with Crippen molar-refractivity contribution in [2.75, 3.05) is 24.7 Å².